The quantitative estimate of drug-likeness (QED) is 0.689. The molecule has 9 heteroatoms. The number of thiazole rings is 1. The van der Waals surface area contributed by atoms with Gasteiger partial charge in [0.25, 0.3) is 5.91 Å². The number of hydrogen-bond acceptors (Lipinski definition) is 4. The lowest BCUT2D eigenvalue weighted by atomic mass is 10.0. The molecule has 25 heavy (non-hydrogen) atoms. The molecule has 1 aromatic carbocycles. The Labute approximate surface area is 166 Å². The Hall–Kier alpha value is -1.31. The van der Waals surface area contributed by atoms with Crippen molar-refractivity contribution >= 4 is 58.5 Å². The van der Waals surface area contributed by atoms with Crippen LogP contribution in [0, 0.1) is 0 Å². The van der Waals surface area contributed by atoms with E-state index in [0.717, 1.165) is 16.9 Å². The summed E-state index contributed by atoms with van der Waals surface area (Å²) >= 11 is 7.88. The number of piperazine rings is 1. The van der Waals surface area contributed by atoms with Gasteiger partial charge in [0.1, 0.15) is 16.9 Å². The molecule has 1 saturated heterocycles. The molecule has 4 rings (SSSR count). The van der Waals surface area contributed by atoms with Crippen LogP contribution in [-0.4, -0.2) is 39.8 Å². The molecular weight excluding hydrogens is 403 g/mol. The second kappa shape index (κ2) is 8.38. The number of nitrogens with one attached hydrogen (secondary N) is 1. The van der Waals surface area contributed by atoms with Crippen molar-refractivity contribution in [3.05, 3.63) is 58.4 Å². The summed E-state index contributed by atoms with van der Waals surface area (Å²) < 4.78 is 1.85. The Morgan fingerprint density at radius 3 is 2.92 bits per heavy atom. The first-order valence-electron chi connectivity index (χ1n) is 7.41. The predicted octanol–water partition coefficient (Wildman–Crippen LogP) is 3.68. The van der Waals surface area contributed by atoms with Gasteiger partial charge >= 0.3 is 0 Å². The maximum atomic E-state index is 13.1. The highest BCUT2D eigenvalue weighted by atomic mass is 35.5. The lowest BCUT2D eigenvalue weighted by molar-refractivity contribution is 0.0627. The second-order valence-corrected chi connectivity index (χ2v) is 6.76. The molecule has 1 aliphatic rings. The fourth-order valence-electron chi connectivity index (χ4n) is 3.00. The lowest BCUT2D eigenvalue weighted by Gasteiger charge is -2.36. The topological polar surface area (TPSA) is 49.6 Å². The zero-order valence-electron chi connectivity index (χ0n) is 13.1. The van der Waals surface area contributed by atoms with Gasteiger partial charge in [-0.1, -0.05) is 29.8 Å². The molecule has 5 nitrogen and oxygen atoms in total. The van der Waals surface area contributed by atoms with Crippen LogP contribution in [0.1, 0.15) is 22.1 Å². The van der Waals surface area contributed by atoms with Gasteiger partial charge in [0.2, 0.25) is 0 Å². The van der Waals surface area contributed by atoms with E-state index in [-0.39, 0.29) is 36.8 Å². The van der Waals surface area contributed by atoms with E-state index in [1.807, 2.05) is 38.9 Å². The van der Waals surface area contributed by atoms with Crippen LogP contribution in [0.25, 0.3) is 4.83 Å². The van der Waals surface area contributed by atoms with Gasteiger partial charge in [-0.15, -0.1) is 36.2 Å². The van der Waals surface area contributed by atoms with Gasteiger partial charge in [-0.05, 0) is 11.6 Å². The standard InChI is InChI=1S/C16H15ClN4OS.2ClH/c17-12-4-2-1-3-11(12)13-7-18-5-6-20(13)16(22)14-9-23-15-8-19-10-21(14)15;;/h1-4,8-10,13,18H,5-7H2;2*1H. The molecule has 0 spiro atoms. The number of imidazole rings is 1. The SMILES string of the molecule is Cl.Cl.O=C(c1csc2cncn12)N1CCNCC1c1ccccc1Cl. The zero-order valence-corrected chi connectivity index (χ0v) is 16.3. The number of fused-ring (bicyclic) bond motifs is 1. The first kappa shape index (κ1) is 20.0. The Morgan fingerprint density at radius 1 is 1.32 bits per heavy atom. The van der Waals surface area contributed by atoms with E-state index < -0.39 is 0 Å². The lowest BCUT2D eigenvalue weighted by Crippen LogP contribution is -2.49. The molecule has 0 aliphatic carbocycles. The van der Waals surface area contributed by atoms with Crippen molar-refractivity contribution in [3.8, 4) is 0 Å². The number of hydrogen-bond donors (Lipinski definition) is 1. The summed E-state index contributed by atoms with van der Waals surface area (Å²) in [6.07, 6.45) is 3.45. The molecule has 2 aromatic heterocycles. The molecule has 0 saturated carbocycles. The highest BCUT2D eigenvalue weighted by molar-refractivity contribution is 7.15. The fourth-order valence-corrected chi connectivity index (χ4v) is 4.08. The first-order valence-corrected chi connectivity index (χ1v) is 8.67. The zero-order chi connectivity index (χ0) is 15.8. The maximum Gasteiger partial charge on any atom is 0.272 e. The third-order valence-corrected chi connectivity index (χ3v) is 5.37. The Morgan fingerprint density at radius 2 is 2.12 bits per heavy atom. The van der Waals surface area contributed by atoms with E-state index in [2.05, 4.69) is 10.3 Å². The molecule has 3 aromatic rings. The van der Waals surface area contributed by atoms with Crippen molar-refractivity contribution in [2.45, 2.75) is 6.04 Å². The van der Waals surface area contributed by atoms with Gasteiger partial charge in [0.05, 0.1) is 12.2 Å². The van der Waals surface area contributed by atoms with Gasteiger partial charge in [-0.25, -0.2) is 4.98 Å². The summed E-state index contributed by atoms with van der Waals surface area (Å²) in [4.78, 5) is 20.1. The number of nitrogens with zero attached hydrogens (tertiary/aromatic N) is 3. The molecule has 1 aliphatic heterocycles. The van der Waals surface area contributed by atoms with Crippen LogP contribution < -0.4 is 5.32 Å². The Bertz CT molecular complexity index is 866. The normalized spacial score (nSPS) is 17.0. The smallest absolute Gasteiger partial charge is 0.272 e. The average molecular weight is 420 g/mol. The molecule has 1 fully saturated rings. The summed E-state index contributed by atoms with van der Waals surface area (Å²) in [5.74, 6) is 0.0145. The van der Waals surface area contributed by atoms with Gasteiger partial charge in [-0.3, -0.25) is 9.20 Å². The van der Waals surface area contributed by atoms with Crippen LogP contribution in [0.4, 0.5) is 0 Å². The first-order chi connectivity index (χ1) is 11.3. The fraction of sp³-hybridized carbons (Fsp3) is 0.250. The van der Waals surface area contributed by atoms with Crippen LogP contribution in [0.15, 0.2) is 42.2 Å². The molecule has 1 amide bonds. The minimum absolute atomic E-state index is 0. The molecule has 1 unspecified atom stereocenters. The minimum Gasteiger partial charge on any atom is -0.328 e. The number of amides is 1. The van der Waals surface area contributed by atoms with Crippen molar-refractivity contribution in [1.29, 1.82) is 0 Å². The van der Waals surface area contributed by atoms with Crippen molar-refractivity contribution in [2.75, 3.05) is 19.6 Å². The summed E-state index contributed by atoms with van der Waals surface area (Å²) in [6.45, 7) is 2.14. The Kier molecular flexibility index (Phi) is 6.71. The molecular formula is C16H17Cl3N4OS. The van der Waals surface area contributed by atoms with Crippen LogP contribution in [-0.2, 0) is 0 Å². The largest absolute Gasteiger partial charge is 0.328 e. The third-order valence-electron chi connectivity index (χ3n) is 4.14. The monoisotopic (exact) mass is 418 g/mol. The van der Waals surface area contributed by atoms with E-state index in [4.69, 9.17) is 11.6 Å². The number of rotatable bonds is 2. The van der Waals surface area contributed by atoms with Gasteiger partial charge in [-0.2, -0.15) is 0 Å². The number of benzene rings is 1. The number of aromatic nitrogens is 2. The Balaban J connectivity index is 0.00000113. The van der Waals surface area contributed by atoms with Gasteiger partial charge < -0.3 is 10.2 Å². The average Bonchev–Trinajstić information content (AvgIpc) is 3.18. The molecule has 0 radical (unpaired) electrons. The number of halogens is 3. The molecule has 1 atom stereocenters. The predicted molar refractivity (Wildman–Crippen MR) is 106 cm³/mol. The second-order valence-electron chi connectivity index (χ2n) is 5.46. The van der Waals surface area contributed by atoms with Crippen molar-refractivity contribution in [1.82, 2.24) is 19.6 Å². The molecule has 3 heterocycles. The molecule has 0 bridgehead atoms. The highest BCUT2D eigenvalue weighted by Gasteiger charge is 2.31. The van der Waals surface area contributed by atoms with Crippen LogP contribution in [0.2, 0.25) is 5.02 Å². The maximum absolute atomic E-state index is 13.1. The van der Waals surface area contributed by atoms with Crippen molar-refractivity contribution in [2.24, 2.45) is 0 Å². The van der Waals surface area contributed by atoms with E-state index in [0.29, 0.717) is 23.8 Å². The van der Waals surface area contributed by atoms with E-state index >= 15 is 0 Å². The van der Waals surface area contributed by atoms with Crippen LogP contribution in [0.3, 0.4) is 0 Å². The van der Waals surface area contributed by atoms with E-state index in [1.165, 1.54) is 11.3 Å². The number of carbonyl (C=O) groups is 1. The van der Waals surface area contributed by atoms with Gasteiger partial charge in [0.15, 0.2) is 0 Å². The summed E-state index contributed by atoms with van der Waals surface area (Å²) in [7, 11) is 0. The van der Waals surface area contributed by atoms with Crippen molar-refractivity contribution in [3.63, 3.8) is 0 Å². The summed E-state index contributed by atoms with van der Waals surface area (Å²) in [6, 6.07) is 7.65. The van der Waals surface area contributed by atoms with E-state index in [9.17, 15) is 4.79 Å². The van der Waals surface area contributed by atoms with Crippen molar-refractivity contribution < 1.29 is 4.79 Å². The number of carbonyl (C=O) groups excluding carboxylic acids is 1. The highest BCUT2D eigenvalue weighted by Crippen LogP contribution is 2.30. The third kappa shape index (κ3) is 3.64. The molecule has 134 valence electrons. The van der Waals surface area contributed by atoms with E-state index in [1.54, 1.807) is 12.5 Å². The summed E-state index contributed by atoms with van der Waals surface area (Å²) in [5.41, 5.74) is 1.63. The minimum atomic E-state index is -0.0663. The van der Waals surface area contributed by atoms with Crippen LogP contribution >= 0.6 is 47.8 Å². The molecule has 1 N–H and O–H groups in total. The summed E-state index contributed by atoms with van der Waals surface area (Å²) in [5, 5.41) is 5.94. The van der Waals surface area contributed by atoms with Crippen LogP contribution in [0.5, 0.6) is 0 Å². The van der Waals surface area contributed by atoms with Gasteiger partial charge in [0, 0.05) is 30.0 Å².